The van der Waals surface area contributed by atoms with E-state index < -0.39 is 10.0 Å². The molecule has 1 amide bonds. The lowest BCUT2D eigenvalue weighted by Crippen LogP contribution is -2.49. The molecule has 2 aliphatic heterocycles. The van der Waals surface area contributed by atoms with Crippen LogP contribution in [0.3, 0.4) is 0 Å². The molecule has 3 rings (SSSR count). The van der Waals surface area contributed by atoms with Crippen molar-refractivity contribution in [2.45, 2.75) is 50.5 Å². The molecule has 0 radical (unpaired) electrons. The molecule has 9 heteroatoms. The Morgan fingerprint density at radius 2 is 1.86 bits per heavy atom. The summed E-state index contributed by atoms with van der Waals surface area (Å²) in [6.07, 6.45) is 3.79. The predicted octanol–water partition coefficient (Wildman–Crippen LogP) is 2.40. The molecule has 1 atom stereocenters. The van der Waals surface area contributed by atoms with Gasteiger partial charge in [-0.15, -0.1) is 11.3 Å². The summed E-state index contributed by atoms with van der Waals surface area (Å²) in [6, 6.07) is 1.79. The lowest BCUT2D eigenvalue weighted by atomic mass is 10.0. The van der Waals surface area contributed by atoms with Crippen LogP contribution in [-0.4, -0.2) is 75.5 Å². The van der Waals surface area contributed by atoms with Crippen molar-refractivity contribution >= 4 is 27.3 Å². The second-order valence-electron chi connectivity index (χ2n) is 8.22. The van der Waals surface area contributed by atoms with Gasteiger partial charge < -0.3 is 10.1 Å². The van der Waals surface area contributed by atoms with Gasteiger partial charge >= 0.3 is 0 Å². The third-order valence-electron chi connectivity index (χ3n) is 5.57. The van der Waals surface area contributed by atoms with E-state index in [0.29, 0.717) is 43.6 Å². The first-order chi connectivity index (χ1) is 13.9. The van der Waals surface area contributed by atoms with E-state index in [1.54, 1.807) is 11.4 Å². The van der Waals surface area contributed by atoms with E-state index in [1.807, 2.05) is 0 Å². The number of morpholine rings is 1. The molecule has 2 fully saturated rings. The summed E-state index contributed by atoms with van der Waals surface area (Å²) in [5.74, 6) is 0.217. The van der Waals surface area contributed by atoms with Crippen molar-refractivity contribution in [1.82, 2.24) is 14.5 Å². The quantitative estimate of drug-likeness (QED) is 0.667. The Hall–Kier alpha value is -1.00. The Kier molecular flexibility index (Phi) is 8.09. The van der Waals surface area contributed by atoms with E-state index in [1.165, 1.54) is 15.6 Å². The summed E-state index contributed by atoms with van der Waals surface area (Å²) in [6.45, 7) is 9.09. The standard InChI is InChI=1S/C20H33N3O4S2/c1-16(2)14-17(22-9-11-27-12-10-22)15-21-20(24)19-18(6-13-28-19)29(25,26)23-7-4-3-5-8-23/h6,13,16-17H,3-5,7-12,14-15H2,1-2H3,(H,21,24). The van der Waals surface area contributed by atoms with Crippen molar-refractivity contribution in [2.75, 3.05) is 45.9 Å². The molecule has 2 saturated heterocycles. The molecule has 1 aromatic heterocycles. The van der Waals surface area contributed by atoms with Crippen LogP contribution in [0.4, 0.5) is 0 Å². The van der Waals surface area contributed by atoms with Gasteiger partial charge in [0.25, 0.3) is 5.91 Å². The average Bonchev–Trinajstić information content (AvgIpc) is 3.23. The highest BCUT2D eigenvalue weighted by Gasteiger charge is 2.31. The molecule has 0 aromatic carbocycles. The van der Waals surface area contributed by atoms with Crippen LogP contribution in [-0.2, 0) is 14.8 Å². The number of ether oxygens (including phenoxy) is 1. The van der Waals surface area contributed by atoms with Crippen molar-refractivity contribution in [3.63, 3.8) is 0 Å². The molecule has 29 heavy (non-hydrogen) atoms. The second kappa shape index (κ2) is 10.3. The Morgan fingerprint density at radius 1 is 1.17 bits per heavy atom. The molecule has 2 aliphatic rings. The third kappa shape index (κ3) is 5.79. The van der Waals surface area contributed by atoms with E-state index >= 15 is 0 Å². The predicted molar refractivity (Wildman–Crippen MR) is 115 cm³/mol. The number of carbonyl (C=O) groups is 1. The average molecular weight is 444 g/mol. The van der Waals surface area contributed by atoms with E-state index in [-0.39, 0.29) is 16.8 Å². The minimum Gasteiger partial charge on any atom is -0.379 e. The SMILES string of the molecule is CC(C)CC(CNC(=O)c1sccc1S(=O)(=O)N1CCCCC1)N1CCOCC1. The number of nitrogens with zero attached hydrogens (tertiary/aromatic N) is 2. The highest BCUT2D eigenvalue weighted by atomic mass is 32.2. The Morgan fingerprint density at radius 3 is 2.52 bits per heavy atom. The number of rotatable bonds is 8. The highest BCUT2D eigenvalue weighted by molar-refractivity contribution is 7.89. The fraction of sp³-hybridized carbons (Fsp3) is 0.750. The van der Waals surface area contributed by atoms with E-state index in [9.17, 15) is 13.2 Å². The van der Waals surface area contributed by atoms with Crippen LogP contribution in [0.25, 0.3) is 0 Å². The summed E-state index contributed by atoms with van der Waals surface area (Å²) < 4.78 is 33.0. The van der Waals surface area contributed by atoms with Gasteiger partial charge in [-0.05, 0) is 36.6 Å². The third-order valence-corrected chi connectivity index (χ3v) is 8.56. The van der Waals surface area contributed by atoms with Crippen LogP contribution in [0.2, 0.25) is 0 Å². The van der Waals surface area contributed by atoms with Gasteiger partial charge in [0.2, 0.25) is 10.0 Å². The largest absolute Gasteiger partial charge is 0.379 e. The zero-order valence-electron chi connectivity index (χ0n) is 17.4. The maximum absolute atomic E-state index is 13.0. The first kappa shape index (κ1) is 22.7. The topological polar surface area (TPSA) is 79.0 Å². The maximum atomic E-state index is 13.0. The van der Waals surface area contributed by atoms with Crippen LogP contribution in [0.5, 0.6) is 0 Å². The van der Waals surface area contributed by atoms with Crippen LogP contribution < -0.4 is 5.32 Å². The maximum Gasteiger partial charge on any atom is 0.262 e. The van der Waals surface area contributed by atoms with Crippen molar-refractivity contribution in [3.8, 4) is 0 Å². The molecule has 1 aromatic rings. The van der Waals surface area contributed by atoms with Crippen LogP contribution in [0.1, 0.15) is 49.2 Å². The minimum absolute atomic E-state index is 0.147. The van der Waals surface area contributed by atoms with Crippen LogP contribution >= 0.6 is 11.3 Å². The molecule has 0 saturated carbocycles. The van der Waals surface area contributed by atoms with Gasteiger partial charge in [-0.2, -0.15) is 4.31 Å². The minimum atomic E-state index is -3.62. The first-order valence-electron chi connectivity index (χ1n) is 10.6. The molecule has 7 nitrogen and oxygen atoms in total. The van der Waals surface area contributed by atoms with Crippen LogP contribution in [0, 0.1) is 5.92 Å². The van der Waals surface area contributed by atoms with Crippen molar-refractivity contribution < 1.29 is 17.9 Å². The Balaban J connectivity index is 1.68. The van der Waals surface area contributed by atoms with Crippen molar-refractivity contribution in [2.24, 2.45) is 5.92 Å². The number of piperidine rings is 1. The van der Waals surface area contributed by atoms with Crippen LogP contribution in [0.15, 0.2) is 16.3 Å². The lowest BCUT2D eigenvalue weighted by Gasteiger charge is -2.35. The van der Waals surface area contributed by atoms with E-state index in [4.69, 9.17) is 4.74 Å². The summed E-state index contributed by atoms with van der Waals surface area (Å²) in [5.41, 5.74) is 0. The lowest BCUT2D eigenvalue weighted by molar-refractivity contribution is 0.0124. The first-order valence-corrected chi connectivity index (χ1v) is 12.9. The number of nitrogens with one attached hydrogen (secondary N) is 1. The van der Waals surface area contributed by atoms with Crippen molar-refractivity contribution in [3.05, 3.63) is 16.3 Å². The number of carbonyl (C=O) groups excluding carboxylic acids is 1. The van der Waals surface area contributed by atoms with Gasteiger partial charge in [-0.3, -0.25) is 9.69 Å². The summed E-state index contributed by atoms with van der Waals surface area (Å²) in [4.78, 5) is 15.7. The normalized spacial score (nSPS) is 20.7. The number of amides is 1. The fourth-order valence-corrected chi connectivity index (χ4v) is 6.88. The second-order valence-corrected chi connectivity index (χ2v) is 11.0. The van der Waals surface area contributed by atoms with Crippen molar-refractivity contribution in [1.29, 1.82) is 0 Å². The molecular formula is C20H33N3O4S2. The van der Waals surface area contributed by atoms with Gasteiger partial charge in [0, 0.05) is 38.8 Å². The number of thiophene rings is 1. The van der Waals surface area contributed by atoms with Gasteiger partial charge in [0.05, 0.1) is 13.2 Å². The van der Waals surface area contributed by atoms with Gasteiger partial charge in [-0.1, -0.05) is 20.3 Å². The zero-order chi connectivity index (χ0) is 20.9. The molecule has 0 bridgehead atoms. The Labute approximate surface area is 178 Å². The molecule has 1 unspecified atom stereocenters. The molecule has 0 aliphatic carbocycles. The monoisotopic (exact) mass is 443 g/mol. The smallest absolute Gasteiger partial charge is 0.262 e. The summed E-state index contributed by atoms with van der Waals surface area (Å²) >= 11 is 1.20. The molecule has 3 heterocycles. The van der Waals surface area contributed by atoms with E-state index in [2.05, 4.69) is 24.1 Å². The molecular weight excluding hydrogens is 410 g/mol. The fourth-order valence-electron chi connectivity index (χ4n) is 4.05. The van der Waals surface area contributed by atoms with Gasteiger partial charge in [0.15, 0.2) is 0 Å². The molecule has 1 N–H and O–H groups in total. The number of hydrogen-bond donors (Lipinski definition) is 1. The molecule has 0 spiro atoms. The van der Waals surface area contributed by atoms with E-state index in [0.717, 1.165) is 38.8 Å². The van der Waals surface area contributed by atoms with Gasteiger partial charge in [-0.25, -0.2) is 8.42 Å². The number of hydrogen-bond acceptors (Lipinski definition) is 6. The van der Waals surface area contributed by atoms with Gasteiger partial charge in [0.1, 0.15) is 9.77 Å². The zero-order valence-corrected chi connectivity index (χ0v) is 19.1. The molecule has 164 valence electrons. The summed E-state index contributed by atoms with van der Waals surface area (Å²) in [5, 5.41) is 4.70. The number of sulfonamides is 1. The highest BCUT2D eigenvalue weighted by Crippen LogP contribution is 2.27. The summed E-state index contributed by atoms with van der Waals surface area (Å²) in [7, 11) is -3.62. The Bertz CT molecular complexity index is 766.